The van der Waals surface area contributed by atoms with Gasteiger partial charge in [-0.05, 0) is 33.1 Å². The average Bonchev–Trinajstić information content (AvgIpc) is 2.26. The largest absolute Gasteiger partial charge is 1.00 e. The van der Waals surface area contributed by atoms with E-state index in [2.05, 4.69) is 4.52 Å². The zero-order valence-electron chi connectivity index (χ0n) is 17.7. The summed E-state index contributed by atoms with van der Waals surface area (Å²) in [6, 6.07) is 0. The van der Waals surface area contributed by atoms with Crippen LogP contribution in [0.1, 0.15) is 48.5 Å². The van der Waals surface area contributed by atoms with Crippen molar-refractivity contribution in [2.75, 3.05) is 19.4 Å². The molecule has 0 spiro atoms. The van der Waals surface area contributed by atoms with Gasteiger partial charge in [-0.25, -0.2) is 8.42 Å². The van der Waals surface area contributed by atoms with E-state index in [4.69, 9.17) is 4.74 Å². The minimum Gasteiger partial charge on any atom is -0.790 e. The first-order chi connectivity index (χ1) is 10.3. The molecule has 0 aliphatic heterocycles. The minimum absolute atomic E-state index is 0. The SMILES string of the molecule is C[C@H](O[C@H](COP(=O)([O-])[O-])CN(C(C)(C)C)S(C)(=O)=O)C(C)(C)C.[Na+].[Na+]. The van der Waals surface area contributed by atoms with Crippen LogP contribution in [0.4, 0.5) is 0 Å². The van der Waals surface area contributed by atoms with Crippen LogP contribution < -0.4 is 68.9 Å². The molecule has 0 aliphatic rings. The van der Waals surface area contributed by atoms with Crippen molar-refractivity contribution in [1.82, 2.24) is 4.31 Å². The predicted octanol–water partition coefficient (Wildman–Crippen LogP) is -5.28. The third-order valence-corrected chi connectivity index (χ3v) is 5.52. The summed E-state index contributed by atoms with van der Waals surface area (Å²) in [7, 11) is -8.75. The Kier molecular flexibility index (Phi) is 15.0. The Balaban J connectivity index is -0.00000264. The molecule has 0 aromatic rings. The van der Waals surface area contributed by atoms with Gasteiger partial charge in [0.15, 0.2) is 0 Å². The van der Waals surface area contributed by atoms with E-state index >= 15 is 0 Å². The molecule has 0 bridgehead atoms. The van der Waals surface area contributed by atoms with Gasteiger partial charge >= 0.3 is 59.1 Å². The van der Waals surface area contributed by atoms with E-state index < -0.39 is 36.1 Å². The van der Waals surface area contributed by atoms with Gasteiger partial charge in [0, 0.05) is 12.1 Å². The van der Waals surface area contributed by atoms with Crippen molar-refractivity contribution >= 4 is 17.8 Å². The number of nitrogens with zero attached hydrogens (tertiary/aromatic N) is 1. The molecule has 0 radical (unpaired) electrons. The molecule has 0 aromatic carbocycles. The zero-order valence-corrected chi connectivity index (χ0v) is 23.4. The summed E-state index contributed by atoms with van der Waals surface area (Å²) in [6.45, 7) is 12.1. The Morgan fingerprint density at radius 3 is 1.77 bits per heavy atom. The molecule has 0 aromatic heterocycles. The van der Waals surface area contributed by atoms with E-state index in [1.165, 1.54) is 4.31 Å². The number of hydrogen-bond donors (Lipinski definition) is 0. The van der Waals surface area contributed by atoms with Crippen molar-refractivity contribution < 1.29 is 91.1 Å². The summed E-state index contributed by atoms with van der Waals surface area (Å²) in [5.74, 6) is 0. The summed E-state index contributed by atoms with van der Waals surface area (Å²) in [5, 5.41) is 0. The Morgan fingerprint density at radius 1 is 1.08 bits per heavy atom. The maximum Gasteiger partial charge on any atom is 1.00 e. The van der Waals surface area contributed by atoms with Crippen molar-refractivity contribution in [3.63, 3.8) is 0 Å². The second-order valence-electron chi connectivity index (χ2n) is 7.97. The van der Waals surface area contributed by atoms with Crippen LogP contribution in [0.25, 0.3) is 0 Å². The molecule has 0 heterocycles. The first-order valence-electron chi connectivity index (χ1n) is 7.64. The molecule has 0 fully saturated rings. The summed E-state index contributed by atoms with van der Waals surface area (Å²) < 4.78 is 46.2. The quantitative estimate of drug-likeness (QED) is 0.277. The first-order valence-corrected chi connectivity index (χ1v) is 10.9. The molecule has 0 aliphatic carbocycles. The molecule has 0 N–H and O–H groups in total. The van der Waals surface area contributed by atoms with Crippen molar-refractivity contribution in [1.29, 1.82) is 0 Å². The number of ether oxygens (including phenoxy) is 1. The second-order valence-corrected chi connectivity index (χ2v) is 11.0. The fourth-order valence-electron chi connectivity index (χ4n) is 1.89. The van der Waals surface area contributed by atoms with Crippen LogP contribution in [0.5, 0.6) is 0 Å². The summed E-state index contributed by atoms with van der Waals surface area (Å²) >= 11 is 0. The first kappa shape index (κ1) is 32.6. The molecular formula is C14H30NNa2O7PS. The third-order valence-electron chi connectivity index (χ3n) is 3.55. The minimum atomic E-state index is -5.18. The van der Waals surface area contributed by atoms with Gasteiger partial charge in [-0.15, -0.1) is 0 Å². The predicted molar refractivity (Wildman–Crippen MR) is 88.7 cm³/mol. The maximum absolute atomic E-state index is 12.0. The van der Waals surface area contributed by atoms with Crippen LogP contribution in [0.2, 0.25) is 0 Å². The molecule has 146 valence electrons. The smallest absolute Gasteiger partial charge is 0.790 e. The van der Waals surface area contributed by atoms with E-state index in [1.807, 2.05) is 20.8 Å². The van der Waals surface area contributed by atoms with E-state index in [0.717, 1.165) is 6.26 Å². The fourth-order valence-corrected chi connectivity index (χ4v) is 3.67. The number of sulfonamides is 1. The summed E-state index contributed by atoms with van der Waals surface area (Å²) in [5.41, 5.74) is -0.993. The van der Waals surface area contributed by atoms with Gasteiger partial charge in [-0.3, -0.25) is 0 Å². The average molecular weight is 433 g/mol. The molecule has 12 heteroatoms. The van der Waals surface area contributed by atoms with Crippen LogP contribution in [0, 0.1) is 5.41 Å². The Morgan fingerprint density at radius 2 is 1.50 bits per heavy atom. The Bertz CT molecular complexity index is 555. The van der Waals surface area contributed by atoms with E-state index in [9.17, 15) is 22.8 Å². The standard InChI is InChI=1S/C14H32NO7PS.2Na/c1-11(13(2,3)4)22-12(10-21-23(16,17)18)9-15(14(5,6)7)24(8,19)20;;/h11-12H,9-10H2,1-8H3,(H2,16,17,18);;/q;2*+1/p-2/t11-,12-;;/m0../s1. The second kappa shape index (κ2) is 12.0. The third kappa shape index (κ3) is 14.0. The number of hydrogen-bond acceptors (Lipinski definition) is 7. The number of phosphoric ester groups is 1. The van der Waals surface area contributed by atoms with Crippen molar-refractivity contribution in [3.05, 3.63) is 0 Å². The molecule has 0 saturated carbocycles. The van der Waals surface area contributed by atoms with Crippen LogP contribution in [0.15, 0.2) is 0 Å². The number of rotatable bonds is 8. The van der Waals surface area contributed by atoms with Gasteiger partial charge in [0.1, 0.15) is 0 Å². The topological polar surface area (TPSA) is 119 Å². The molecular weight excluding hydrogens is 403 g/mol. The molecule has 0 saturated heterocycles. The van der Waals surface area contributed by atoms with Crippen LogP contribution >= 0.6 is 7.82 Å². The van der Waals surface area contributed by atoms with Gasteiger partial charge < -0.3 is 23.6 Å². The van der Waals surface area contributed by atoms with Crippen LogP contribution in [-0.4, -0.2) is 49.9 Å². The van der Waals surface area contributed by atoms with Gasteiger partial charge in [0.2, 0.25) is 10.0 Å². The molecule has 0 amide bonds. The van der Waals surface area contributed by atoms with Gasteiger partial charge in [-0.2, -0.15) is 4.31 Å². The molecule has 2 atom stereocenters. The Labute approximate surface area is 202 Å². The molecule has 26 heavy (non-hydrogen) atoms. The van der Waals surface area contributed by atoms with E-state index in [-0.39, 0.29) is 77.2 Å². The van der Waals surface area contributed by atoms with Gasteiger partial charge in [0.05, 0.1) is 32.9 Å². The van der Waals surface area contributed by atoms with Gasteiger partial charge in [-0.1, -0.05) is 20.8 Å². The molecule has 8 nitrogen and oxygen atoms in total. The van der Waals surface area contributed by atoms with Crippen molar-refractivity contribution in [2.45, 2.75) is 66.2 Å². The summed E-state index contributed by atoms with van der Waals surface area (Å²) in [4.78, 5) is 21.5. The monoisotopic (exact) mass is 433 g/mol. The maximum atomic E-state index is 12.0. The normalized spacial score (nSPS) is 15.8. The van der Waals surface area contributed by atoms with E-state index in [1.54, 1.807) is 27.7 Å². The number of phosphoric acid groups is 1. The van der Waals surface area contributed by atoms with E-state index in [0.29, 0.717) is 0 Å². The van der Waals surface area contributed by atoms with Crippen LogP contribution in [-0.2, 0) is 23.8 Å². The molecule has 0 unspecified atom stereocenters. The van der Waals surface area contributed by atoms with Crippen molar-refractivity contribution in [2.24, 2.45) is 5.41 Å². The van der Waals surface area contributed by atoms with Crippen molar-refractivity contribution in [3.8, 4) is 0 Å². The van der Waals surface area contributed by atoms with Gasteiger partial charge in [0.25, 0.3) is 0 Å². The Hall–Kier alpha value is 1.98. The fraction of sp³-hybridized carbons (Fsp3) is 1.00. The molecule has 0 rings (SSSR count). The summed E-state index contributed by atoms with van der Waals surface area (Å²) in [6.07, 6.45) is -0.148. The van der Waals surface area contributed by atoms with Crippen LogP contribution in [0.3, 0.4) is 0 Å². The zero-order chi connectivity index (χ0) is 19.6.